The fraction of sp³-hybridized carbons (Fsp3) is 0.840. The minimum Gasteiger partial charge on any atom is -0.300 e. The molecule has 0 saturated heterocycles. The molecule has 0 aromatic carbocycles. The van der Waals surface area contributed by atoms with Crippen molar-refractivity contribution in [3.63, 3.8) is 0 Å². The van der Waals surface area contributed by atoms with Crippen LogP contribution in [0.2, 0.25) is 0 Å². The van der Waals surface area contributed by atoms with Gasteiger partial charge in [0, 0.05) is 5.92 Å². The summed E-state index contributed by atoms with van der Waals surface area (Å²) in [6.07, 6.45) is 16.0. The lowest BCUT2D eigenvalue weighted by atomic mass is 9.42. The van der Waals surface area contributed by atoms with E-state index in [1.54, 1.807) is 6.92 Å². The zero-order chi connectivity index (χ0) is 19.6. The summed E-state index contributed by atoms with van der Waals surface area (Å²) in [7, 11) is 0. The van der Waals surface area contributed by atoms with E-state index < -0.39 is 5.41 Å². The van der Waals surface area contributed by atoms with Crippen molar-refractivity contribution in [3.05, 3.63) is 0 Å². The van der Waals surface area contributed by atoms with Gasteiger partial charge < -0.3 is 0 Å². The second-order valence-corrected chi connectivity index (χ2v) is 10.9. The van der Waals surface area contributed by atoms with Crippen LogP contribution in [-0.2, 0) is 9.59 Å². The molecule has 2 nitrogen and oxygen atoms in total. The van der Waals surface area contributed by atoms with Gasteiger partial charge in [0.05, 0.1) is 5.41 Å². The Morgan fingerprint density at radius 3 is 2.22 bits per heavy atom. The zero-order valence-electron chi connectivity index (χ0n) is 17.6. The number of hydrogen-bond donors (Lipinski definition) is 0. The summed E-state index contributed by atoms with van der Waals surface area (Å²) in [6, 6.07) is 0. The van der Waals surface area contributed by atoms with E-state index in [4.69, 9.17) is 6.42 Å². The molecule has 27 heavy (non-hydrogen) atoms. The topological polar surface area (TPSA) is 34.1 Å². The van der Waals surface area contributed by atoms with E-state index in [1.165, 1.54) is 32.1 Å². The minimum absolute atomic E-state index is 0.200. The molecule has 148 valence electrons. The second-order valence-electron chi connectivity index (χ2n) is 10.9. The normalized spacial score (nSPS) is 51.4. The lowest BCUT2D eigenvalue weighted by Gasteiger charge is -2.62. The van der Waals surface area contributed by atoms with E-state index >= 15 is 0 Å². The molecule has 2 heteroatoms. The van der Waals surface area contributed by atoms with Crippen molar-refractivity contribution >= 4 is 11.6 Å². The summed E-state index contributed by atoms with van der Waals surface area (Å²) in [5.41, 5.74) is 0.0501. The second kappa shape index (κ2) is 6.20. The fourth-order valence-corrected chi connectivity index (χ4v) is 8.49. The van der Waals surface area contributed by atoms with Gasteiger partial charge in [-0.25, -0.2) is 0 Å². The first-order valence-corrected chi connectivity index (χ1v) is 11.2. The molecule has 4 saturated carbocycles. The molecule has 0 radical (unpaired) electrons. The van der Waals surface area contributed by atoms with Crippen molar-refractivity contribution in [2.45, 2.75) is 85.5 Å². The Morgan fingerprint density at radius 2 is 1.59 bits per heavy atom. The van der Waals surface area contributed by atoms with Gasteiger partial charge in [-0.05, 0) is 106 Å². The Kier molecular flexibility index (Phi) is 4.41. The summed E-state index contributed by atoms with van der Waals surface area (Å²) in [5, 5.41) is 0. The summed E-state index contributed by atoms with van der Waals surface area (Å²) in [6.45, 7) is 8.43. The first-order chi connectivity index (χ1) is 12.7. The van der Waals surface area contributed by atoms with Crippen molar-refractivity contribution in [1.82, 2.24) is 0 Å². The summed E-state index contributed by atoms with van der Waals surface area (Å²) >= 11 is 0. The smallest absolute Gasteiger partial charge is 0.147 e. The third-order valence-corrected chi connectivity index (χ3v) is 10.2. The van der Waals surface area contributed by atoms with Gasteiger partial charge in [-0.15, -0.1) is 6.42 Å². The number of carbonyl (C=O) groups is 2. The maximum atomic E-state index is 12.3. The summed E-state index contributed by atoms with van der Waals surface area (Å²) in [4.78, 5) is 24.6. The third kappa shape index (κ3) is 2.53. The molecule has 0 aliphatic heterocycles. The maximum absolute atomic E-state index is 12.3. The van der Waals surface area contributed by atoms with Gasteiger partial charge in [-0.1, -0.05) is 19.8 Å². The minimum atomic E-state index is -0.507. The monoisotopic (exact) mass is 368 g/mol. The number of fused-ring (bicyclic) bond motifs is 5. The molecular weight excluding hydrogens is 332 g/mol. The van der Waals surface area contributed by atoms with Gasteiger partial charge in [0.15, 0.2) is 0 Å². The lowest BCUT2D eigenvalue weighted by Crippen LogP contribution is -2.55. The van der Waals surface area contributed by atoms with Crippen molar-refractivity contribution < 1.29 is 9.59 Å². The molecule has 0 unspecified atom stereocenters. The van der Waals surface area contributed by atoms with E-state index in [0.29, 0.717) is 17.1 Å². The highest BCUT2D eigenvalue weighted by atomic mass is 16.1. The molecule has 4 fully saturated rings. The SMILES string of the molecule is C#C[C@@]1(C(C)=O)CC[C@@]2(C)[C@@H](CC[C@@H]3[C@@H]2CC[C@]2(C)[C@@H](C(C)=O)CC[C@@H]32)C1. The molecule has 0 aromatic rings. The van der Waals surface area contributed by atoms with Crippen molar-refractivity contribution in [1.29, 1.82) is 0 Å². The predicted octanol–water partition coefficient (Wildman–Crippen LogP) is 5.44. The van der Waals surface area contributed by atoms with Crippen LogP contribution in [0.25, 0.3) is 0 Å². The van der Waals surface area contributed by atoms with E-state index in [0.717, 1.165) is 43.4 Å². The Bertz CT molecular complexity index is 702. The van der Waals surface area contributed by atoms with Crippen molar-refractivity contribution in [2.24, 2.45) is 45.8 Å². The number of rotatable bonds is 2. The Labute approximate surface area is 165 Å². The van der Waals surface area contributed by atoms with E-state index in [9.17, 15) is 9.59 Å². The molecule has 0 heterocycles. The average molecular weight is 369 g/mol. The van der Waals surface area contributed by atoms with Crippen LogP contribution in [0, 0.1) is 58.2 Å². The highest BCUT2D eigenvalue weighted by molar-refractivity contribution is 5.85. The van der Waals surface area contributed by atoms with Crippen LogP contribution in [0.5, 0.6) is 0 Å². The average Bonchev–Trinajstić information content (AvgIpc) is 2.98. The molecule has 0 bridgehead atoms. The van der Waals surface area contributed by atoms with E-state index in [1.807, 2.05) is 6.92 Å². The fourth-order valence-electron chi connectivity index (χ4n) is 8.49. The number of ketones is 2. The Morgan fingerprint density at radius 1 is 0.889 bits per heavy atom. The number of carbonyl (C=O) groups excluding carboxylic acids is 2. The van der Waals surface area contributed by atoms with Crippen LogP contribution in [0.15, 0.2) is 0 Å². The quantitative estimate of drug-likeness (QED) is 0.608. The van der Waals surface area contributed by atoms with Gasteiger partial charge in [0.2, 0.25) is 0 Å². The predicted molar refractivity (Wildman–Crippen MR) is 108 cm³/mol. The summed E-state index contributed by atoms with van der Waals surface area (Å²) < 4.78 is 0. The molecular formula is C25H36O2. The highest BCUT2D eigenvalue weighted by Gasteiger charge is 2.62. The Balaban J connectivity index is 1.61. The molecule has 4 aliphatic carbocycles. The maximum Gasteiger partial charge on any atom is 0.147 e. The molecule has 0 N–H and O–H groups in total. The van der Waals surface area contributed by atoms with Gasteiger partial charge in [0.25, 0.3) is 0 Å². The number of Topliss-reactive ketones (excluding diaryl/α,β-unsaturated/α-hetero) is 2. The molecule has 4 rings (SSSR count). The van der Waals surface area contributed by atoms with Crippen molar-refractivity contribution in [3.8, 4) is 12.3 Å². The molecule has 0 aromatic heterocycles. The van der Waals surface area contributed by atoms with Crippen LogP contribution in [0.4, 0.5) is 0 Å². The van der Waals surface area contributed by atoms with Crippen LogP contribution in [0.3, 0.4) is 0 Å². The van der Waals surface area contributed by atoms with Gasteiger partial charge in [-0.2, -0.15) is 0 Å². The number of terminal acetylenes is 1. The Hall–Kier alpha value is -1.10. The molecule has 8 atom stereocenters. The molecule has 0 spiro atoms. The van der Waals surface area contributed by atoms with Gasteiger partial charge in [-0.3, -0.25) is 9.59 Å². The standard InChI is InChI=1S/C25H36O2/c1-6-25(17(3)27)14-13-23(4)18(15-25)7-8-19-21-10-9-20(16(2)26)24(21,5)12-11-22(19)23/h1,18-22H,7-15H2,2-5H3/t18-,19-,20+,21-,22-,23-,24+,25+/m0/s1. The van der Waals surface area contributed by atoms with Crippen LogP contribution >= 0.6 is 0 Å². The van der Waals surface area contributed by atoms with Gasteiger partial charge >= 0.3 is 0 Å². The van der Waals surface area contributed by atoms with Crippen LogP contribution in [-0.4, -0.2) is 11.6 Å². The summed E-state index contributed by atoms with van der Waals surface area (Å²) in [5.74, 6) is 6.63. The lowest BCUT2D eigenvalue weighted by molar-refractivity contribution is -0.144. The molecule has 0 amide bonds. The number of hydrogen-bond acceptors (Lipinski definition) is 2. The largest absolute Gasteiger partial charge is 0.300 e. The highest BCUT2D eigenvalue weighted by Crippen LogP contribution is 2.68. The zero-order valence-corrected chi connectivity index (χ0v) is 17.6. The first kappa shape index (κ1) is 19.2. The third-order valence-electron chi connectivity index (χ3n) is 10.2. The molecule has 4 aliphatic rings. The van der Waals surface area contributed by atoms with Crippen LogP contribution < -0.4 is 0 Å². The first-order valence-electron chi connectivity index (χ1n) is 11.2. The van der Waals surface area contributed by atoms with E-state index in [2.05, 4.69) is 19.8 Å². The van der Waals surface area contributed by atoms with Gasteiger partial charge in [0.1, 0.15) is 11.6 Å². The van der Waals surface area contributed by atoms with E-state index in [-0.39, 0.29) is 17.1 Å². The van der Waals surface area contributed by atoms with Crippen molar-refractivity contribution in [2.75, 3.05) is 0 Å². The van der Waals surface area contributed by atoms with Crippen LogP contribution in [0.1, 0.15) is 85.5 Å².